The summed E-state index contributed by atoms with van der Waals surface area (Å²) in [6.45, 7) is 4.02. The molecule has 2 aliphatic rings. The third-order valence-corrected chi connectivity index (χ3v) is 4.80. The molecule has 0 bridgehead atoms. The Bertz CT molecular complexity index is 488. The molecule has 2 fully saturated rings. The lowest BCUT2D eigenvalue weighted by Gasteiger charge is -2.31. The second kappa shape index (κ2) is 7.24. The number of amides is 1. The fourth-order valence-corrected chi connectivity index (χ4v) is 3.37. The summed E-state index contributed by atoms with van der Waals surface area (Å²) in [7, 11) is 1.74. The number of hydrogen-bond acceptors (Lipinski definition) is 4. The van der Waals surface area contributed by atoms with Crippen LogP contribution in [0.25, 0.3) is 0 Å². The van der Waals surface area contributed by atoms with Crippen LogP contribution in [0.15, 0.2) is 12.3 Å². The molecule has 0 unspecified atom stereocenters. The van der Waals surface area contributed by atoms with Gasteiger partial charge in [-0.05, 0) is 38.3 Å². The fraction of sp³-hybridized carbons (Fsp3) is 0.750. The summed E-state index contributed by atoms with van der Waals surface area (Å²) in [4.78, 5) is 14.3. The summed E-state index contributed by atoms with van der Waals surface area (Å²) in [5, 5.41) is 8.01. The quantitative estimate of drug-likeness (QED) is 0.901. The predicted molar refractivity (Wildman–Crippen MR) is 83.7 cm³/mol. The Morgan fingerprint density at radius 2 is 2.23 bits per heavy atom. The number of methoxy groups -OCH3 is 1. The Balaban J connectivity index is 1.52. The highest BCUT2D eigenvalue weighted by Gasteiger charge is 2.23. The van der Waals surface area contributed by atoms with Crippen molar-refractivity contribution < 1.29 is 9.53 Å². The van der Waals surface area contributed by atoms with Crippen LogP contribution >= 0.6 is 0 Å². The fourth-order valence-electron chi connectivity index (χ4n) is 3.37. The van der Waals surface area contributed by atoms with Crippen molar-refractivity contribution in [3.05, 3.63) is 18.0 Å². The van der Waals surface area contributed by atoms with Crippen LogP contribution in [0.1, 0.15) is 37.3 Å². The summed E-state index contributed by atoms with van der Waals surface area (Å²) in [6, 6.07) is 2.06. The molecule has 122 valence electrons. The number of piperidine rings is 2. The van der Waals surface area contributed by atoms with E-state index in [1.165, 1.54) is 12.8 Å². The Labute approximate surface area is 131 Å². The van der Waals surface area contributed by atoms with Gasteiger partial charge in [-0.1, -0.05) is 0 Å². The number of ether oxygens (including phenoxy) is 1. The molecule has 1 atom stereocenters. The van der Waals surface area contributed by atoms with E-state index in [4.69, 9.17) is 4.74 Å². The first-order chi connectivity index (χ1) is 10.8. The van der Waals surface area contributed by atoms with Crippen molar-refractivity contribution in [2.75, 3.05) is 33.3 Å². The molecule has 1 amide bonds. The van der Waals surface area contributed by atoms with Gasteiger partial charge in [-0.3, -0.25) is 9.48 Å². The Kier molecular flexibility index (Phi) is 5.10. The SMILES string of the molecule is COC1CCN(C(=O)Cn2ccc([C@H]3CCCNC3)n2)CC1. The van der Waals surface area contributed by atoms with E-state index in [0.717, 1.165) is 44.7 Å². The molecule has 1 aromatic rings. The first-order valence-corrected chi connectivity index (χ1v) is 8.31. The topological polar surface area (TPSA) is 59.4 Å². The van der Waals surface area contributed by atoms with E-state index in [0.29, 0.717) is 18.6 Å². The maximum absolute atomic E-state index is 12.4. The number of hydrogen-bond donors (Lipinski definition) is 1. The summed E-state index contributed by atoms with van der Waals surface area (Å²) in [5.41, 5.74) is 1.11. The first-order valence-electron chi connectivity index (χ1n) is 8.31. The van der Waals surface area contributed by atoms with Crippen molar-refractivity contribution in [3.8, 4) is 0 Å². The second-order valence-electron chi connectivity index (χ2n) is 6.30. The average molecular weight is 306 g/mol. The smallest absolute Gasteiger partial charge is 0.244 e. The molecule has 1 aromatic heterocycles. The van der Waals surface area contributed by atoms with Crippen molar-refractivity contribution in [2.24, 2.45) is 0 Å². The van der Waals surface area contributed by atoms with Crippen molar-refractivity contribution in [1.29, 1.82) is 0 Å². The molecule has 0 spiro atoms. The normalized spacial score (nSPS) is 23.7. The number of nitrogens with zero attached hydrogens (tertiary/aromatic N) is 3. The number of carbonyl (C=O) groups excluding carboxylic acids is 1. The molecular weight excluding hydrogens is 280 g/mol. The van der Waals surface area contributed by atoms with E-state index in [1.54, 1.807) is 11.8 Å². The molecule has 3 heterocycles. The second-order valence-corrected chi connectivity index (χ2v) is 6.30. The highest BCUT2D eigenvalue weighted by Crippen LogP contribution is 2.21. The third kappa shape index (κ3) is 3.67. The van der Waals surface area contributed by atoms with Crippen molar-refractivity contribution in [2.45, 2.75) is 44.2 Å². The highest BCUT2D eigenvalue weighted by molar-refractivity contribution is 5.76. The maximum atomic E-state index is 12.4. The maximum Gasteiger partial charge on any atom is 0.244 e. The van der Waals surface area contributed by atoms with Gasteiger partial charge in [0, 0.05) is 38.9 Å². The molecule has 6 heteroatoms. The molecule has 6 nitrogen and oxygen atoms in total. The van der Waals surface area contributed by atoms with Gasteiger partial charge in [-0.15, -0.1) is 0 Å². The van der Waals surface area contributed by atoms with E-state index >= 15 is 0 Å². The van der Waals surface area contributed by atoms with Crippen LogP contribution in [0.4, 0.5) is 0 Å². The average Bonchev–Trinajstić information content (AvgIpc) is 3.04. The van der Waals surface area contributed by atoms with Crippen LogP contribution in [0.3, 0.4) is 0 Å². The lowest BCUT2D eigenvalue weighted by molar-refractivity contribution is -0.134. The highest BCUT2D eigenvalue weighted by atomic mass is 16.5. The van der Waals surface area contributed by atoms with E-state index in [-0.39, 0.29) is 5.91 Å². The van der Waals surface area contributed by atoms with Gasteiger partial charge in [0.15, 0.2) is 0 Å². The van der Waals surface area contributed by atoms with Gasteiger partial charge in [-0.25, -0.2) is 0 Å². The molecule has 2 aliphatic heterocycles. The molecule has 0 aromatic carbocycles. The van der Waals surface area contributed by atoms with Crippen LogP contribution in [0.2, 0.25) is 0 Å². The van der Waals surface area contributed by atoms with E-state index in [1.807, 2.05) is 11.1 Å². The van der Waals surface area contributed by atoms with Gasteiger partial charge in [0.05, 0.1) is 11.8 Å². The van der Waals surface area contributed by atoms with Crippen LogP contribution in [0, 0.1) is 0 Å². The van der Waals surface area contributed by atoms with Gasteiger partial charge in [0.25, 0.3) is 0 Å². The minimum absolute atomic E-state index is 0.158. The molecule has 1 N–H and O–H groups in total. The van der Waals surface area contributed by atoms with Crippen molar-refractivity contribution in [1.82, 2.24) is 20.0 Å². The van der Waals surface area contributed by atoms with Crippen LogP contribution in [0.5, 0.6) is 0 Å². The van der Waals surface area contributed by atoms with E-state index in [2.05, 4.69) is 16.5 Å². The lowest BCUT2D eigenvalue weighted by atomic mass is 9.97. The zero-order valence-electron chi connectivity index (χ0n) is 13.3. The van der Waals surface area contributed by atoms with Gasteiger partial charge >= 0.3 is 0 Å². The Morgan fingerprint density at radius 3 is 2.91 bits per heavy atom. The first kappa shape index (κ1) is 15.5. The number of carbonyl (C=O) groups is 1. The molecule has 0 radical (unpaired) electrons. The third-order valence-electron chi connectivity index (χ3n) is 4.80. The van der Waals surface area contributed by atoms with Crippen LogP contribution in [-0.2, 0) is 16.1 Å². The number of aromatic nitrogens is 2. The van der Waals surface area contributed by atoms with Gasteiger partial charge in [0.1, 0.15) is 6.54 Å². The number of likely N-dealkylation sites (tertiary alicyclic amines) is 1. The minimum atomic E-state index is 0.158. The molecular formula is C16H26N4O2. The van der Waals surface area contributed by atoms with Crippen molar-refractivity contribution >= 4 is 5.91 Å². The largest absolute Gasteiger partial charge is 0.381 e. The number of rotatable bonds is 4. The molecule has 0 aliphatic carbocycles. The summed E-state index contributed by atoms with van der Waals surface area (Å²) in [5.74, 6) is 0.647. The molecule has 22 heavy (non-hydrogen) atoms. The number of nitrogens with one attached hydrogen (secondary N) is 1. The molecule has 2 saturated heterocycles. The van der Waals surface area contributed by atoms with Crippen molar-refractivity contribution in [3.63, 3.8) is 0 Å². The standard InChI is InChI=1S/C16H26N4O2/c1-22-14-4-8-19(9-5-14)16(21)12-20-10-6-15(18-20)13-3-2-7-17-11-13/h6,10,13-14,17H,2-5,7-9,11-12H2,1H3/t13-/m0/s1. The van der Waals surface area contributed by atoms with Gasteiger partial charge < -0.3 is 15.0 Å². The predicted octanol–water partition coefficient (Wildman–Crippen LogP) is 0.988. The summed E-state index contributed by atoms with van der Waals surface area (Å²) >= 11 is 0. The van der Waals surface area contributed by atoms with Gasteiger partial charge in [0.2, 0.25) is 5.91 Å². The summed E-state index contributed by atoms with van der Waals surface area (Å²) in [6.07, 6.45) is 6.48. The summed E-state index contributed by atoms with van der Waals surface area (Å²) < 4.78 is 7.13. The zero-order chi connectivity index (χ0) is 15.4. The lowest BCUT2D eigenvalue weighted by Crippen LogP contribution is -2.42. The monoisotopic (exact) mass is 306 g/mol. The van der Waals surface area contributed by atoms with Gasteiger partial charge in [-0.2, -0.15) is 5.10 Å². The molecule has 0 saturated carbocycles. The van der Waals surface area contributed by atoms with E-state index in [9.17, 15) is 4.79 Å². The van der Waals surface area contributed by atoms with Crippen LogP contribution in [-0.4, -0.2) is 60.0 Å². The Morgan fingerprint density at radius 1 is 1.41 bits per heavy atom. The zero-order valence-corrected chi connectivity index (χ0v) is 13.3. The van der Waals surface area contributed by atoms with Crippen LogP contribution < -0.4 is 5.32 Å². The molecule has 3 rings (SSSR count). The van der Waals surface area contributed by atoms with E-state index < -0.39 is 0 Å². The minimum Gasteiger partial charge on any atom is -0.381 e. The Hall–Kier alpha value is -1.40.